The molecule has 2 N–H and O–H groups in total. The third kappa shape index (κ3) is 7.14. The maximum atomic E-state index is 13.4. The molecule has 12 heteroatoms. The lowest BCUT2D eigenvalue weighted by Gasteiger charge is -2.34. The molecule has 3 aromatic rings. The van der Waals surface area contributed by atoms with Crippen LogP contribution in [0.15, 0.2) is 60.3 Å². The maximum Gasteiger partial charge on any atom is 0.280 e. The molecule has 0 unspecified atom stereocenters. The van der Waals surface area contributed by atoms with E-state index in [1.165, 1.54) is 12.5 Å². The number of aryl methyl sites for hydroxylation is 1. The molecule has 210 valence electrons. The van der Waals surface area contributed by atoms with Crippen LogP contribution in [0.1, 0.15) is 25.0 Å². The van der Waals surface area contributed by atoms with Crippen molar-refractivity contribution in [2.45, 2.75) is 44.0 Å². The predicted molar refractivity (Wildman–Crippen MR) is 147 cm³/mol. The first-order valence-electron chi connectivity index (χ1n) is 12.8. The first-order valence-corrected chi connectivity index (χ1v) is 14.3. The van der Waals surface area contributed by atoms with Crippen molar-refractivity contribution in [3.8, 4) is 5.75 Å². The van der Waals surface area contributed by atoms with E-state index < -0.39 is 10.0 Å². The highest BCUT2D eigenvalue weighted by atomic mass is 32.2. The largest absolute Gasteiger partial charge is 0.488 e. The van der Waals surface area contributed by atoms with Gasteiger partial charge in [-0.25, -0.2) is 4.98 Å². The van der Waals surface area contributed by atoms with Gasteiger partial charge in [-0.2, -0.15) is 8.42 Å². The number of rotatable bonds is 9. The van der Waals surface area contributed by atoms with E-state index in [2.05, 4.69) is 19.6 Å². The zero-order valence-electron chi connectivity index (χ0n) is 22.7. The van der Waals surface area contributed by atoms with Crippen molar-refractivity contribution in [1.29, 1.82) is 0 Å². The van der Waals surface area contributed by atoms with Crippen LogP contribution in [0.2, 0.25) is 0 Å². The number of amides is 1. The summed E-state index contributed by atoms with van der Waals surface area (Å²) in [7, 11) is -0.210. The molecule has 1 aromatic carbocycles. The third-order valence-electron chi connectivity index (χ3n) is 6.82. The van der Waals surface area contributed by atoms with Gasteiger partial charge in [0, 0.05) is 62.4 Å². The molecule has 1 aliphatic rings. The molecule has 0 bridgehead atoms. The Hall–Kier alpha value is -3.48. The SMILES string of the molecule is C[C@H]1CN([C@@H](C)CO)C(=O)Cc2cc(NS(=O)(=O)c3cn(C)cn3)ccc2O[C@@H]1CN(C)Cc1ccncc1. The molecule has 0 radical (unpaired) electrons. The summed E-state index contributed by atoms with van der Waals surface area (Å²) in [5, 5.41) is 9.75. The van der Waals surface area contributed by atoms with Crippen molar-refractivity contribution in [3.05, 3.63) is 66.4 Å². The Morgan fingerprint density at radius 2 is 2.00 bits per heavy atom. The summed E-state index contributed by atoms with van der Waals surface area (Å²) in [6.45, 7) is 5.39. The number of imidazole rings is 1. The fourth-order valence-electron chi connectivity index (χ4n) is 4.62. The zero-order chi connectivity index (χ0) is 28.2. The molecule has 1 amide bonds. The lowest BCUT2D eigenvalue weighted by molar-refractivity contribution is -0.134. The number of hydrogen-bond acceptors (Lipinski definition) is 8. The molecule has 0 saturated heterocycles. The van der Waals surface area contributed by atoms with Gasteiger partial charge in [-0.05, 0) is 49.9 Å². The number of sulfonamides is 1. The third-order valence-corrected chi connectivity index (χ3v) is 8.08. The lowest BCUT2D eigenvalue weighted by Crippen LogP contribution is -2.47. The van der Waals surface area contributed by atoms with Gasteiger partial charge < -0.3 is 19.3 Å². The summed E-state index contributed by atoms with van der Waals surface area (Å²) >= 11 is 0. The summed E-state index contributed by atoms with van der Waals surface area (Å²) in [6, 6.07) is 8.52. The van der Waals surface area contributed by atoms with Crippen molar-refractivity contribution in [3.63, 3.8) is 0 Å². The zero-order valence-corrected chi connectivity index (χ0v) is 23.5. The van der Waals surface area contributed by atoms with E-state index in [-0.39, 0.29) is 42.0 Å². The number of pyridine rings is 1. The van der Waals surface area contributed by atoms with Crippen LogP contribution in [-0.2, 0) is 34.8 Å². The van der Waals surface area contributed by atoms with Gasteiger partial charge in [0.2, 0.25) is 5.91 Å². The average Bonchev–Trinajstić information content (AvgIpc) is 3.36. The minimum atomic E-state index is -3.91. The standard InChI is InChI=1S/C27H36N6O5S/c1-19-13-33(20(2)17-34)27(35)12-22-11-23(30-39(36,37)26-16-32(4)18-29-26)5-6-24(22)38-25(19)15-31(3)14-21-7-9-28-10-8-21/h5-11,16,18-20,25,30,34H,12-15,17H2,1-4H3/t19-,20-,25+/m0/s1. The number of aromatic nitrogens is 3. The Labute approximate surface area is 229 Å². The molecule has 0 aliphatic carbocycles. The van der Waals surface area contributed by atoms with E-state index in [0.29, 0.717) is 36.6 Å². The molecule has 39 heavy (non-hydrogen) atoms. The number of fused-ring (bicyclic) bond motifs is 1. The monoisotopic (exact) mass is 556 g/mol. The number of benzene rings is 1. The summed E-state index contributed by atoms with van der Waals surface area (Å²) in [5.41, 5.74) is 1.99. The predicted octanol–water partition coefficient (Wildman–Crippen LogP) is 1.90. The van der Waals surface area contributed by atoms with Crippen molar-refractivity contribution in [2.75, 3.05) is 31.5 Å². The van der Waals surface area contributed by atoms with Gasteiger partial charge in [0.15, 0.2) is 5.03 Å². The van der Waals surface area contributed by atoms with Gasteiger partial charge in [0.05, 0.1) is 25.4 Å². The molecular formula is C27H36N6O5S. The number of carbonyl (C=O) groups is 1. The Kier molecular flexibility index (Phi) is 8.88. The van der Waals surface area contributed by atoms with Gasteiger partial charge in [0.1, 0.15) is 11.9 Å². The second-order valence-electron chi connectivity index (χ2n) is 10.2. The molecule has 2 aromatic heterocycles. The number of hydrogen-bond donors (Lipinski definition) is 2. The highest BCUT2D eigenvalue weighted by Crippen LogP contribution is 2.30. The number of aliphatic hydroxyl groups excluding tert-OH is 1. The highest BCUT2D eigenvalue weighted by molar-refractivity contribution is 7.92. The van der Waals surface area contributed by atoms with Crippen LogP contribution in [-0.4, -0.2) is 82.7 Å². The fourth-order valence-corrected chi connectivity index (χ4v) is 5.65. The summed E-state index contributed by atoms with van der Waals surface area (Å²) in [4.78, 5) is 25.3. The Morgan fingerprint density at radius 1 is 1.26 bits per heavy atom. The van der Waals surface area contributed by atoms with E-state index in [1.54, 1.807) is 47.1 Å². The Balaban J connectivity index is 1.63. The van der Waals surface area contributed by atoms with E-state index in [0.717, 1.165) is 5.56 Å². The molecule has 4 rings (SSSR count). The molecular weight excluding hydrogens is 520 g/mol. The van der Waals surface area contributed by atoms with Crippen LogP contribution < -0.4 is 9.46 Å². The topological polar surface area (TPSA) is 130 Å². The first kappa shape index (κ1) is 28.5. The van der Waals surface area contributed by atoms with Gasteiger partial charge in [-0.15, -0.1) is 0 Å². The van der Waals surface area contributed by atoms with E-state index in [9.17, 15) is 18.3 Å². The second kappa shape index (κ2) is 12.1. The van der Waals surface area contributed by atoms with Crippen molar-refractivity contribution in [2.24, 2.45) is 13.0 Å². The molecule has 1 aliphatic heterocycles. The summed E-state index contributed by atoms with van der Waals surface area (Å²) in [6.07, 6.45) is 6.08. The van der Waals surface area contributed by atoms with Gasteiger partial charge in [-0.1, -0.05) is 6.92 Å². The number of ether oxygens (including phenoxy) is 1. The van der Waals surface area contributed by atoms with Crippen molar-refractivity contribution < 1.29 is 23.1 Å². The van der Waals surface area contributed by atoms with E-state index in [4.69, 9.17) is 4.74 Å². The average molecular weight is 557 g/mol. The lowest BCUT2D eigenvalue weighted by atomic mass is 10.0. The Bertz CT molecular complexity index is 1380. The molecule has 0 spiro atoms. The molecule has 0 fully saturated rings. The first-order chi connectivity index (χ1) is 18.6. The van der Waals surface area contributed by atoms with Gasteiger partial charge in [-0.3, -0.25) is 19.4 Å². The Morgan fingerprint density at radius 3 is 2.67 bits per heavy atom. The number of anilines is 1. The van der Waals surface area contributed by atoms with Crippen LogP contribution in [0.4, 0.5) is 5.69 Å². The molecule has 3 atom stereocenters. The quantitative estimate of drug-likeness (QED) is 0.409. The van der Waals surface area contributed by atoms with Gasteiger partial charge in [0.25, 0.3) is 10.0 Å². The number of carbonyl (C=O) groups excluding carboxylic acids is 1. The van der Waals surface area contributed by atoms with Gasteiger partial charge >= 0.3 is 0 Å². The van der Waals surface area contributed by atoms with Crippen molar-refractivity contribution >= 4 is 21.6 Å². The summed E-state index contributed by atoms with van der Waals surface area (Å²) in [5.74, 6) is 0.316. The van der Waals surface area contributed by atoms with E-state index in [1.807, 2.05) is 33.0 Å². The van der Waals surface area contributed by atoms with Crippen LogP contribution in [0.3, 0.4) is 0 Å². The fraction of sp³-hybridized carbons (Fsp3) is 0.444. The van der Waals surface area contributed by atoms with Crippen LogP contribution in [0, 0.1) is 5.92 Å². The second-order valence-corrected chi connectivity index (χ2v) is 11.9. The van der Waals surface area contributed by atoms with Crippen LogP contribution >= 0.6 is 0 Å². The molecule has 11 nitrogen and oxygen atoms in total. The molecule has 3 heterocycles. The molecule has 0 saturated carbocycles. The minimum Gasteiger partial charge on any atom is -0.488 e. The van der Waals surface area contributed by atoms with Crippen molar-refractivity contribution in [1.82, 2.24) is 24.3 Å². The maximum absolute atomic E-state index is 13.4. The normalized spacial score (nSPS) is 19.0. The van der Waals surface area contributed by atoms with Crippen LogP contribution in [0.5, 0.6) is 5.75 Å². The number of aliphatic hydroxyl groups is 1. The number of likely N-dealkylation sites (N-methyl/N-ethyl adjacent to an activating group) is 1. The summed E-state index contributed by atoms with van der Waals surface area (Å²) < 4.78 is 36.3. The number of nitrogens with one attached hydrogen (secondary N) is 1. The smallest absolute Gasteiger partial charge is 0.280 e. The highest BCUT2D eigenvalue weighted by Gasteiger charge is 2.31. The minimum absolute atomic E-state index is 0.00508. The number of nitrogens with zero attached hydrogens (tertiary/aromatic N) is 5. The van der Waals surface area contributed by atoms with Crippen LogP contribution in [0.25, 0.3) is 0 Å². The van der Waals surface area contributed by atoms with E-state index >= 15 is 0 Å².